The van der Waals surface area contributed by atoms with Crippen molar-refractivity contribution in [2.24, 2.45) is 0 Å². The number of anilines is 2. The number of nitrogens with one attached hydrogen (secondary N) is 2. The SMILES string of the molecule is CCN(CCNC(=S)Nc1cccc(Cl)c1)c1cccc(C)c1. The summed E-state index contributed by atoms with van der Waals surface area (Å²) in [5.74, 6) is 0. The molecule has 0 spiro atoms. The molecule has 0 bridgehead atoms. The fraction of sp³-hybridized carbons (Fsp3) is 0.278. The van der Waals surface area contributed by atoms with Crippen LogP contribution in [0.5, 0.6) is 0 Å². The normalized spacial score (nSPS) is 10.2. The van der Waals surface area contributed by atoms with E-state index in [2.05, 4.69) is 53.6 Å². The number of nitrogens with zero attached hydrogens (tertiary/aromatic N) is 1. The molecule has 0 unspecified atom stereocenters. The molecular weight excluding hydrogens is 326 g/mol. The number of likely N-dealkylation sites (N-methyl/N-ethyl adjacent to an activating group) is 1. The Hall–Kier alpha value is -1.78. The van der Waals surface area contributed by atoms with Gasteiger partial charge in [0.15, 0.2) is 5.11 Å². The number of thiocarbonyl (C=S) groups is 1. The van der Waals surface area contributed by atoms with Gasteiger partial charge in [-0.05, 0) is 62.0 Å². The molecule has 0 atom stereocenters. The van der Waals surface area contributed by atoms with E-state index in [-0.39, 0.29) is 0 Å². The standard InChI is InChI=1S/C18H22ClN3S/c1-3-22(17-9-4-6-14(2)12-17)11-10-20-18(23)21-16-8-5-7-15(19)13-16/h4-9,12-13H,3,10-11H2,1-2H3,(H2,20,21,23). The maximum absolute atomic E-state index is 5.96. The van der Waals surface area contributed by atoms with Gasteiger partial charge in [-0.1, -0.05) is 29.8 Å². The minimum Gasteiger partial charge on any atom is -0.370 e. The third-order valence-electron chi connectivity index (χ3n) is 3.50. The minimum atomic E-state index is 0.604. The Morgan fingerprint density at radius 1 is 1.17 bits per heavy atom. The van der Waals surface area contributed by atoms with Crippen molar-refractivity contribution in [3.8, 4) is 0 Å². The Morgan fingerprint density at radius 2 is 1.96 bits per heavy atom. The van der Waals surface area contributed by atoms with Crippen LogP contribution >= 0.6 is 23.8 Å². The van der Waals surface area contributed by atoms with E-state index in [1.807, 2.05) is 24.3 Å². The lowest BCUT2D eigenvalue weighted by Crippen LogP contribution is -2.36. The highest BCUT2D eigenvalue weighted by atomic mass is 35.5. The third kappa shape index (κ3) is 5.73. The van der Waals surface area contributed by atoms with Gasteiger partial charge in [-0.15, -0.1) is 0 Å². The van der Waals surface area contributed by atoms with Gasteiger partial charge in [-0.2, -0.15) is 0 Å². The van der Waals surface area contributed by atoms with Crippen LogP contribution in [0.4, 0.5) is 11.4 Å². The maximum atomic E-state index is 5.96. The van der Waals surface area contributed by atoms with Crippen LogP contribution in [0.3, 0.4) is 0 Å². The second kappa shape index (κ2) is 8.75. The number of halogens is 1. The van der Waals surface area contributed by atoms with Gasteiger partial charge in [0.1, 0.15) is 0 Å². The summed E-state index contributed by atoms with van der Waals surface area (Å²) in [6.45, 7) is 6.88. The number of hydrogen-bond donors (Lipinski definition) is 2. The summed E-state index contributed by atoms with van der Waals surface area (Å²) in [4.78, 5) is 2.32. The molecule has 0 fully saturated rings. The molecule has 0 aromatic heterocycles. The second-order valence-corrected chi connectivity index (χ2v) is 6.15. The summed E-state index contributed by atoms with van der Waals surface area (Å²) in [5.41, 5.74) is 3.40. The van der Waals surface area contributed by atoms with Gasteiger partial charge >= 0.3 is 0 Å². The van der Waals surface area contributed by atoms with Gasteiger partial charge in [0.2, 0.25) is 0 Å². The molecule has 2 aromatic carbocycles. The quantitative estimate of drug-likeness (QED) is 0.754. The molecule has 0 saturated carbocycles. The van der Waals surface area contributed by atoms with Crippen molar-refractivity contribution >= 4 is 40.3 Å². The van der Waals surface area contributed by atoms with Crippen LogP contribution in [0, 0.1) is 6.92 Å². The fourth-order valence-corrected chi connectivity index (χ4v) is 2.75. The molecule has 2 aromatic rings. The van der Waals surface area contributed by atoms with E-state index in [1.165, 1.54) is 11.3 Å². The van der Waals surface area contributed by atoms with Crippen molar-refractivity contribution in [3.05, 3.63) is 59.1 Å². The van der Waals surface area contributed by atoms with Crippen LogP contribution in [-0.4, -0.2) is 24.7 Å². The number of rotatable bonds is 6. The van der Waals surface area contributed by atoms with Crippen LogP contribution in [0.2, 0.25) is 5.02 Å². The zero-order valence-electron chi connectivity index (χ0n) is 13.5. The lowest BCUT2D eigenvalue weighted by atomic mass is 10.2. The summed E-state index contributed by atoms with van der Waals surface area (Å²) < 4.78 is 0. The molecule has 0 aliphatic heterocycles. The van der Waals surface area contributed by atoms with Crippen LogP contribution in [0.15, 0.2) is 48.5 Å². The minimum absolute atomic E-state index is 0.604. The Kier molecular flexibility index (Phi) is 6.68. The van der Waals surface area contributed by atoms with Crippen LogP contribution in [0.25, 0.3) is 0 Å². The van der Waals surface area contributed by atoms with Crippen LogP contribution in [0.1, 0.15) is 12.5 Å². The molecule has 2 N–H and O–H groups in total. The largest absolute Gasteiger partial charge is 0.370 e. The smallest absolute Gasteiger partial charge is 0.170 e. The highest BCUT2D eigenvalue weighted by molar-refractivity contribution is 7.80. The predicted octanol–water partition coefficient (Wildman–Crippen LogP) is 4.46. The van der Waals surface area contributed by atoms with Gasteiger partial charge < -0.3 is 15.5 Å². The van der Waals surface area contributed by atoms with Crippen molar-refractivity contribution in [1.82, 2.24) is 5.32 Å². The van der Waals surface area contributed by atoms with E-state index in [0.29, 0.717) is 10.1 Å². The highest BCUT2D eigenvalue weighted by Gasteiger charge is 2.05. The fourth-order valence-electron chi connectivity index (χ4n) is 2.34. The average molecular weight is 348 g/mol. The van der Waals surface area contributed by atoms with Crippen LogP contribution in [-0.2, 0) is 0 Å². The van der Waals surface area contributed by atoms with Crippen molar-refractivity contribution in [3.63, 3.8) is 0 Å². The molecule has 0 aliphatic rings. The van der Waals surface area contributed by atoms with Gasteiger partial charge in [0.25, 0.3) is 0 Å². The third-order valence-corrected chi connectivity index (χ3v) is 3.98. The monoisotopic (exact) mass is 347 g/mol. The molecule has 2 rings (SSSR count). The van der Waals surface area contributed by atoms with Gasteiger partial charge in [-0.25, -0.2) is 0 Å². The van der Waals surface area contributed by atoms with E-state index in [9.17, 15) is 0 Å². The molecular formula is C18H22ClN3S. The zero-order valence-corrected chi connectivity index (χ0v) is 15.0. The molecule has 0 radical (unpaired) electrons. The average Bonchev–Trinajstić information content (AvgIpc) is 2.51. The number of benzene rings is 2. The Balaban J connectivity index is 1.82. The summed E-state index contributed by atoms with van der Waals surface area (Å²) in [7, 11) is 0. The van der Waals surface area contributed by atoms with E-state index in [4.69, 9.17) is 23.8 Å². The Bertz CT molecular complexity index is 660. The molecule has 3 nitrogen and oxygen atoms in total. The van der Waals surface area contributed by atoms with Crippen molar-refractivity contribution < 1.29 is 0 Å². The van der Waals surface area contributed by atoms with E-state index >= 15 is 0 Å². The molecule has 0 heterocycles. The van der Waals surface area contributed by atoms with Crippen LogP contribution < -0.4 is 15.5 Å². The number of aryl methyl sites for hydroxylation is 1. The van der Waals surface area contributed by atoms with Crippen molar-refractivity contribution in [1.29, 1.82) is 0 Å². The first-order valence-corrected chi connectivity index (χ1v) is 8.49. The first-order valence-electron chi connectivity index (χ1n) is 7.70. The maximum Gasteiger partial charge on any atom is 0.170 e. The van der Waals surface area contributed by atoms with Gasteiger partial charge in [0.05, 0.1) is 0 Å². The van der Waals surface area contributed by atoms with E-state index in [1.54, 1.807) is 0 Å². The Labute approximate surface area is 148 Å². The lowest BCUT2D eigenvalue weighted by Gasteiger charge is -2.24. The summed E-state index contributed by atoms with van der Waals surface area (Å²) in [6.07, 6.45) is 0. The van der Waals surface area contributed by atoms with E-state index in [0.717, 1.165) is 25.3 Å². The van der Waals surface area contributed by atoms with Crippen molar-refractivity contribution in [2.45, 2.75) is 13.8 Å². The summed E-state index contributed by atoms with van der Waals surface area (Å²) >= 11 is 11.3. The summed E-state index contributed by atoms with van der Waals surface area (Å²) in [5, 5.41) is 7.67. The zero-order chi connectivity index (χ0) is 16.7. The first kappa shape index (κ1) is 17.6. The molecule has 0 saturated heterocycles. The van der Waals surface area contributed by atoms with Gasteiger partial charge in [0, 0.05) is 36.0 Å². The second-order valence-electron chi connectivity index (χ2n) is 5.31. The molecule has 122 valence electrons. The Morgan fingerprint density at radius 3 is 2.65 bits per heavy atom. The van der Waals surface area contributed by atoms with Gasteiger partial charge in [-0.3, -0.25) is 0 Å². The predicted molar refractivity (Wildman–Crippen MR) is 105 cm³/mol. The topological polar surface area (TPSA) is 27.3 Å². The molecule has 23 heavy (non-hydrogen) atoms. The first-order chi connectivity index (χ1) is 11.1. The van der Waals surface area contributed by atoms with E-state index < -0.39 is 0 Å². The molecule has 0 amide bonds. The lowest BCUT2D eigenvalue weighted by molar-refractivity contribution is 0.779. The molecule has 0 aliphatic carbocycles. The highest BCUT2D eigenvalue weighted by Crippen LogP contribution is 2.16. The number of hydrogen-bond acceptors (Lipinski definition) is 2. The molecule has 5 heteroatoms. The van der Waals surface area contributed by atoms with Crippen molar-refractivity contribution in [2.75, 3.05) is 29.9 Å². The summed E-state index contributed by atoms with van der Waals surface area (Å²) in [6, 6.07) is 16.1.